The molecule has 0 aromatic heterocycles. The number of amides is 6. The predicted octanol–water partition coefficient (Wildman–Crippen LogP) is -8.40. The maximum atomic E-state index is 13.4. The lowest BCUT2D eigenvalue weighted by atomic mass is 10.1. The Morgan fingerprint density at radius 1 is 0.627 bits per heavy atom. The van der Waals surface area contributed by atoms with Crippen LogP contribution in [0.15, 0.2) is 4.99 Å². The van der Waals surface area contributed by atoms with Crippen LogP contribution < -0.4 is 49.1 Å². The third-order valence-corrected chi connectivity index (χ3v) is 6.82. The molecule has 0 saturated carbocycles. The molecular weight excluding hydrogens is 688 g/mol. The summed E-state index contributed by atoms with van der Waals surface area (Å²) in [4.78, 5) is 103. The van der Waals surface area contributed by atoms with Crippen molar-refractivity contribution < 1.29 is 69.0 Å². The average Bonchev–Trinajstić information content (AvgIpc) is 3.06. The third kappa shape index (κ3) is 17.4. The normalized spacial score (nSPS) is 15.5. The Balaban J connectivity index is 6.07. The first kappa shape index (κ1) is 45.8. The molecule has 24 nitrogen and oxygen atoms in total. The van der Waals surface area contributed by atoms with E-state index in [0.29, 0.717) is 0 Å². The number of carboxylic acid groups (broad SMARTS) is 2. The molecule has 18 N–H and O–H groups in total. The molecular formula is C27H48N10O14. The number of carbonyl (C=O) groups is 8. The zero-order chi connectivity index (χ0) is 39.4. The lowest BCUT2D eigenvalue weighted by molar-refractivity contribution is -0.144. The van der Waals surface area contributed by atoms with E-state index in [0.717, 1.165) is 6.92 Å². The van der Waals surface area contributed by atoms with Gasteiger partial charge >= 0.3 is 11.9 Å². The number of rotatable bonds is 24. The Morgan fingerprint density at radius 3 is 1.59 bits per heavy atom. The fourth-order valence-electron chi connectivity index (χ4n) is 3.92. The molecule has 51 heavy (non-hydrogen) atoms. The van der Waals surface area contributed by atoms with Gasteiger partial charge in [-0.3, -0.25) is 38.6 Å². The summed E-state index contributed by atoms with van der Waals surface area (Å²) in [7, 11) is 0. The molecule has 0 aliphatic carbocycles. The predicted molar refractivity (Wildman–Crippen MR) is 173 cm³/mol. The molecule has 0 aliphatic rings. The highest BCUT2D eigenvalue weighted by Gasteiger charge is 2.34. The number of nitrogens with two attached hydrogens (primary N) is 3. The number of hydrogen-bond acceptors (Lipinski definition) is 14. The topological polar surface area (TPSA) is 421 Å². The highest BCUT2D eigenvalue weighted by molar-refractivity contribution is 5.97. The van der Waals surface area contributed by atoms with Gasteiger partial charge in [-0.2, -0.15) is 0 Å². The molecule has 0 aromatic carbocycles. The maximum Gasteiger partial charge on any atom is 0.328 e. The van der Waals surface area contributed by atoms with Crippen molar-refractivity contribution in [1.29, 1.82) is 0 Å². The number of hydrogen-bond donors (Lipinski definition) is 15. The third-order valence-electron chi connectivity index (χ3n) is 6.82. The second kappa shape index (κ2) is 23.3. The number of aliphatic imine (C=N–C) groups is 1. The monoisotopic (exact) mass is 736 g/mol. The standard InChI is InChI=1S/C27H48N10O14/c1-11(32-21(45)13(28)8-38)20(44)35-16(9-39)24(48)37-19(12(2)41)25(49)34-14(4-3-7-31-27(29)30)22(46)33-15(5-6-18(42)43)23(47)36-17(10-40)26(50)51/h11-17,19,38-41H,3-10,28H2,1-2H3,(H,32,45)(H,33,46)(H,34,49)(H,35,44)(H,36,47)(H,37,48)(H,42,43)(H,50,51)(H4,29,30,31)/t11-,12+,13-,14-,15-,16-,17-,19-/m0/s1. The van der Waals surface area contributed by atoms with Crippen molar-refractivity contribution in [1.82, 2.24) is 31.9 Å². The second-order valence-corrected chi connectivity index (χ2v) is 11.1. The van der Waals surface area contributed by atoms with E-state index in [1.165, 1.54) is 6.92 Å². The van der Waals surface area contributed by atoms with Crippen LogP contribution in [-0.2, 0) is 38.4 Å². The van der Waals surface area contributed by atoms with E-state index in [9.17, 15) is 53.7 Å². The van der Waals surface area contributed by atoms with Gasteiger partial charge in [0, 0.05) is 13.0 Å². The van der Waals surface area contributed by atoms with Gasteiger partial charge in [-0.1, -0.05) is 0 Å². The highest BCUT2D eigenvalue weighted by Crippen LogP contribution is 2.06. The van der Waals surface area contributed by atoms with Crippen LogP contribution in [0.3, 0.4) is 0 Å². The fourth-order valence-corrected chi connectivity index (χ4v) is 3.92. The lowest BCUT2D eigenvalue weighted by Crippen LogP contribution is -2.62. The number of aliphatic hydroxyl groups excluding tert-OH is 4. The Hall–Kier alpha value is -5.17. The van der Waals surface area contributed by atoms with Crippen molar-refractivity contribution in [3.8, 4) is 0 Å². The minimum absolute atomic E-state index is 0.0239. The van der Waals surface area contributed by atoms with E-state index < -0.39 is 128 Å². The molecule has 0 aromatic rings. The van der Waals surface area contributed by atoms with Crippen LogP contribution >= 0.6 is 0 Å². The van der Waals surface area contributed by atoms with Crippen LogP contribution in [0.25, 0.3) is 0 Å². The highest BCUT2D eigenvalue weighted by atomic mass is 16.4. The minimum atomic E-state index is -1.83. The molecule has 0 heterocycles. The van der Waals surface area contributed by atoms with Gasteiger partial charge in [-0.05, 0) is 33.1 Å². The van der Waals surface area contributed by atoms with Crippen molar-refractivity contribution in [2.45, 2.75) is 87.9 Å². The molecule has 0 rings (SSSR count). The number of aliphatic carboxylic acids is 2. The average molecular weight is 737 g/mol. The van der Waals surface area contributed by atoms with Gasteiger partial charge in [-0.25, -0.2) is 4.79 Å². The summed E-state index contributed by atoms with van der Waals surface area (Å²) < 4.78 is 0. The number of carboxylic acids is 2. The van der Waals surface area contributed by atoms with Gasteiger partial charge in [0.1, 0.15) is 42.3 Å². The van der Waals surface area contributed by atoms with E-state index in [2.05, 4.69) is 31.6 Å². The van der Waals surface area contributed by atoms with Crippen LogP contribution in [0.4, 0.5) is 0 Å². The lowest BCUT2D eigenvalue weighted by Gasteiger charge is -2.27. The second-order valence-electron chi connectivity index (χ2n) is 11.1. The van der Waals surface area contributed by atoms with Gasteiger partial charge < -0.3 is 79.7 Å². The van der Waals surface area contributed by atoms with Gasteiger partial charge in [0.05, 0.1) is 25.9 Å². The molecule has 0 spiro atoms. The van der Waals surface area contributed by atoms with Crippen LogP contribution in [0.1, 0.15) is 39.5 Å². The van der Waals surface area contributed by atoms with Gasteiger partial charge in [0.15, 0.2) is 5.96 Å². The van der Waals surface area contributed by atoms with Crippen LogP contribution in [0, 0.1) is 0 Å². The SMILES string of the molecule is C[C@H](NC(=O)[C@@H](N)CO)C(=O)N[C@@H](CO)C(=O)N[C@H](C(=O)N[C@@H](CCCN=C(N)N)C(=O)N[C@@H](CCC(=O)O)C(=O)N[C@@H](CO)C(=O)O)[C@@H](C)O. The summed E-state index contributed by atoms with van der Waals surface area (Å²) in [5.41, 5.74) is 16.0. The summed E-state index contributed by atoms with van der Waals surface area (Å²) in [6.07, 6.45) is -3.09. The number of aliphatic hydroxyl groups is 4. The number of nitrogens with zero attached hydrogens (tertiary/aromatic N) is 1. The maximum absolute atomic E-state index is 13.4. The summed E-state index contributed by atoms with van der Waals surface area (Å²) in [6, 6.07) is -11.2. The molecule has 0 radical (unpaired) electrons. The number of carbonyl (C=O) groups excluding carboxylic acids is 6. The zero-order valence-electron chi connectivity index (χ0n) is 27.9. The Labute approximate surface area is 290 Å². The van der Waals surface area contributed by atoms with E-state index in [-0.39, 0.29) is 25.3 Å². The van der Waals surface area contributed by atoms with Gasteiger partial charge in [0.2, 0.25) is 35.4 Å². The van der Waals surface area contributed by atoms with E-state index in [1.54, 1.807) is 0 Å². The largest absolute Gasteiger partial charge is 0.481 e. The molecule has 0 unspecified atom stereocenters. The fraction of sp³-hybridized carbons (Fsp3) is 0.667. The summed E-state index contributed by atoms with van der Waals surface area (Å²) >= 11 is 0. The molecule has 0 fully saturated rings. The first-order chi connectivity index (χ1) is 23.8. The molecule has 0 aliphatic heterocycles. The molecule has 290 valence electrons. The van der Waals surface area contributed by atoms with Crippen molar-refractivity contribution in [3.05, 3.63) is 0 Å². The first-order valence-corrected chi connectivity index (χ1v) is 15.4. The van der Waals surface area contributed by atoms with Crippen LogP contribution in [-0.4, -0.2) is 159 Å². The van der Waals surface area contributed by atoms with Crippen molar-refractivity contribution >= 4 is 53.3 Å². The molecule has 6 amide bonds. The van der Waals surface area contributed by atoms with Gasteiger partial charge in [0.25, 0.3) is 0 Å². The molecule has 8 atom stereocenters. The zero-order valence-corrected chi connectivity index (χ0v) is 27.9. The van der Waals surface area contributed by atoms with E-state index in [4.69, 9.17) is 32.5 Å². The number of nitrogens with one attached hydrogen (secondary N) is 6. The smallest absolute Gasteiger partial charge is 0.328 e. The van der Waals surface area contributed by atoms with Crippen LogP contribution in [0.2, 0.25) is 0 Å². The van der Waals surface area contributed by atoms with Crippen molar-refractivity contribution in [2.75, 3.05) is 26.4 Å². The summed E-state index contributed by atoms with van der Waals surface area (Å²) in [5, 5.41) is 69.4. The Kier molecular flexibility index (Phi) is 20.9. The molecule has 24 heteroatoms. The van der Waals surface area contributed by atoms with Gasteiger partial charge in [-0.15, -0.1) is 0 Å². The summed E-state index contributed by atoms with van der Waals surface area (Å²) in [5.74, 6) is -9.81. The van der Waals surface area contributed by atoms with Crippen LogP contribution in [0.5, 0.6) is 0 Å². The Morgan fingerprint density at radius 2 is 1.12 bits per heavy atom. The minimum Gasteiger partial charge on any atom is -0.481 e. The Bertz CT molecular complexity index is 1260. The molecule has 0 bridgehead atoms. The number of guanidine groups is 1. The van der Waals surface area contributed by atoms with E-state index in [1.807, 2.05) is 5.32 Å². The molecule has 0 saturated heterocycles. The first-order valence-electron chi connectivity index (χ1n) is 15.4. The van der Waals surface area contributed by atoms with E-state index >= 15 is 0 Å². The van der Waals surface area contributed by atoms with Crippen molar-refractivity contribution in [3.63, 3.8) is 0 Å². The van der Waals surface area contributed by atoms with Crippen molar-refractivity contribution in [2.24, 2.45) is 22.2 Å². The quantitative estimate of drug-likeness (QED) is 0.0248. The summed E-state index contributed by atoms with van der Waals surface area (Å²) in [6.45, 7) is -0.535.